The van der Waals surface area contributed by atoms with Gasteiger partial charge in [0.05, 0.1) is 0 Å². The first-order valence-electron chi connectivity index (χ1n) is 8.34. The Morgan fingerprint density at radius 1 is 0.760 bits per heavy atom. The summed E-state index contributed by atoms with van der Waals surface area (Å²) in [5.74, 6) is -0.160. The molecule has 0 atom stereocenters. The molecule has 0 radical (unpaired) electrons. The summed E-state index contributed by atoms with van der Waals surface area (Å²) in [5.41, 5.74) is 4.87. The first-order valence-corrected chi connectivity index (χ1v) is 8.34. The van der Waals surface area contributed by atoms with E-state index in [9.17, 15) is 9.59 Å². The Labute approximate surface area is 146 Å². The summed E-state index contributed by atoms with van der Waals surface area (Å²) in [5, 5.41) is 2.92. The van der Waals surface area contributed by atoms with Crippen LogP contribution in [0.1, 0.15) is 31.8 Å². The number of amides is 1. The van der Waals surface area contributed by atoms with Crippen LogP contribution in [0.25, 0.3) is 11.1 Å². The number of rotatable bonds is 4. The van der Waals surface area contributed by atoms with E-state index in [1.807, 2.05) is 60.7 Å². The van der Waals surface area contributed by atoms with Gasteiger partial charge in [-0.15, -0.1) is 0 Å². The lowest BCUT2D eigenvalue weighted by Gasteiger charge is -2.07. The lowest BCUT2D eigenvalue weighted by Crippen LogP contribution is -2.25. The molecule has 4 rings (SSSR count). The number of benzene rings is 3. The third kappa shape index (κ3) is 2.85. The van der Waals surface area contributed by atoms with Crippen molar-refractivity contribution in [1.29, 1.82) is 0 Å². The smallest absolute Gasteiger partial charge is 0.251 e. The Bertz CT molecular complexity index is 961. The van der Waals surface area contributed by atoms with Crippen molar-refractivity contribution in [2.24, 2.45) is 0 Å². The van der Waals surface area contributed by atoms with Crippen molar-refractivity contribution in [2.75, 3.05) is 6.54 Å². The maximum absolute atomic E-state index is 12.5. The van der Waals surface area contributed by atoms with Gasteiger partial charge in [0.1, 0.15) is 0 Å². The van der Waals surface area contributed by atoms with Crippen molar-refractivity contribution in [1.82, 2.24) is 5.32 Å². The highest BCUT2D eigenvalue weighted by molar-refractivity contribution is 6.22. The summed E-state index contributed by atoms with van der Waals surface area (Å²) in [6.45, 7) is 0.564. The molecule has 25 heavy (non-hydrogen) atoms. The molecule has 0 aromatic heterocycles. The minimum atomic E-state index is -0.150. The van der Waals surface area contributed by atoms with Gasteiger partial charge < -0.3 is 5.32 Å². The van der Waals surface area contributed by atoms with Crippen LogP contribution in [0.4, 0.5) is 0 Å². The van der Waals surface area contributed by atoms with Gasteiger partial charge in [-0.1, -0.05) is 60.7 Å². The van der Waals surface area contributed by atoms with Crippen LogP contribution in [0.3, 0.4) is 0 Å². The lowest BCUT2D eigenvalue weighted by atomic mass is 10.0. The molecule has 0 unspecified atom stereocenters. The minimum Gasteiger partial charge on any atom is -0.352 e. The van der Waals surface area contributed by atoms with Gasteiger partial charge in [0.25, 0.3) is 5.91 Å². The van der Waals surface area contributed by atoms with Gasteiger partial charge in [0.2, 0.25) is 0 Å². The molecule has 0 fully saturated rings. The van der Waals surface area contributed by atoms with Gasteiger partial charge in [-0.3, -0.25) is 9.59 Å². The first kappa shape index (κ1) is 15.3. The first-order chi connectivity index (χ1) is 12.2. The van der Waals surface area contributed by atoms with Crippen molar-refractivity contribution in [2.45, 2.75) is 6.42 Å². The SMILES string of the molecule is O=C(NCCc1ccccc1)c1ccc2c(c1)C(=O)c1ccccc1-2. The molecule has 3 aromatic carbocycles. The molecule has 0 spiro atoms. The zero-order valence-corrected chi connectivity index (χ0v) is 13.7. The number of hydrogen-bond donors (Lipinski definition) is 1. The predicted molar refractivity (Wildman–Crippen MR) is 97.8 cm³/mol. The summed E-state index contributed by atoms with van der Waals surface area (Å²) in [4.78, 5) is 24.9. The summed E-state index contributed by atoms with van der Waals surface area (Å²) in [6, 6.07) is 22.9. The topological polar surface area (TPSA) is 46.2 Å². The van der Waals surface area contributed by atoms with Crippen molar-refractivity contribution < 1.29 is 9.59 Å². The zero-order chi connectivity index (χ0) is 17.2. The normalized spacial score (nSPS) is 11.8. The van der Waals surface area contributed by atoms with Gasteiger partial charge in [0.15, 0.2) is 5.78 Å². The molecule has 3 aromatic rings. The van der Waals surface area contributed by atoms with E-state index in [1.54, 1.807) is 12.1 Å². The van der Waals surface area contributed by atoms with Gasteiger partial charge in [-0.05, 0) is 35.2 Å². The molecular formula is C22H17NO2. The number of nitrogens with one attached hydrogen (secondary N) is 1. The van der Waals surface area contributed by atoms with E-state index in [-0.39, 0.29) is 11.7 Å². The van der Waals surface area contributed by atoms with Crippen molar-refractivity contribution in [3.8, 4) is 11.1 Å². The number of ketones is 1. The van der Waals surface area contributed by atoms with Crippen LogP contribution in [0, 0.1) is 0 Å². The molecule has 1 amide bonds. The van der Waals surface area contributed by atoms with E-state index < -0.39 is 0 Å². The molecule has 1 aliphatic rings. The van der Waals surface area contributed by atoms with Gasteiger partial charge in [-0.2, -0.15) is 0 Å². The van der Waals surface area contributed by atoms with E-state index in [2.05, 4.69) is 5.32 Å². The average Bonchev–Trinajstić information content (AvgIpc) is 2.95. The fourth-order valence-electron chi connectivity index (χ4n) is 3.24. The van der Waals surface area contributed by atoms with Crippen LogP contribution in [-0.4, -0.2) is 18.2 Å². The van der Waals surface area contributed by atoms with Crippen LogP contribution in [0.15, 0.2) is 72.8 Å². The molecule has 1 aliphatic carbocycles. The molecule has 0 saturated heterocycles. The Hall–Kier alpha value is -3.20. The molecule has 122 valence electrons. The summed E-state index contributed by atoms with van der Waals surface area (Å²) >= 11 is 0. The largest absolute Gasteiger partial charge is 0.352 e. The summed E-state index contributed by atoms with van der Waals surface area (Å²) < 4.78 is 0. The predicted octanol–water partition coefficient (Wildman–Crippen LogP) is 3.87. The second kappa shape index (κ2) is 6.36. The second-order valence-corrected chi connectivity index (χ2v) is 6.13. The van der Waals surface area contributed by atoms with E-state index in [4.69, 9.17) is 0 Å². The van der Waals surface area contributed by atoms with Crippen LogP contribution in [0.2, 0.25) is 0 Å². The number of hydrogen-bond acceptors (Lipinski definition) is 2. The standard InChI is InChI=1S/C22H17NO2/c24-21-19-9-5-4-8-17(19)18-11-10-16(14-20(18)21)22(25)23-13-12-15-6-2-1-3-7-15/h1-11,14H,12-13H2,(H,23,25). The molecule has 3 heteroatoms. The van der Waals surface area contributed by atoms with E-state index >= 15 is 0 Å². The van der Waals surface area contributed by atoms with Crippen LogP contribution in [0.5, 0.6) is 0 Å². The highest BCUT2D eigenvalue weighted by Gasteiger charge is 2.26. The number of fused-ring (bicyclic) bond motifs is 3. The van der Waals surface area contributed by atoms with Gasteiger partial charge >= 0.3 is 0 Å². The maximum atomic E-state index is 12.5. The van der Waals surface area contributed by atoms with Gasteiger partial charge in [0, 0.05) is 23.2 Å². The lowest BCUT2D eigenvalue weighted by molar-refractivity contribution is 0.0954. The van der Waals surface area contributed by atoms with Crippen molar-refractivity contribution >= 4 is 11.7 Å². The highest BCUT2D eigenvalue weighted by Crippen LogP contribution is 2.36. The maximum Gasteiger partial charge on any atom is 0.251 e. The summed E-state index contributed by atoms with van der Waals surface area (Å²) in [6.07, 6.45) is 0.780. The van der Waals surface area contributed by atoms with E-state index in [0.29, 0.717) is 23.2 Å². The van der Waals surface area contributed by atoms with Crippen molar-refractivity contribution in [3.63, 3.8) is 0 Å². The number of carbonyl (C=O) groups excluding carboxylic acids is 2. The second-order valence-electron chi connectivity index (χ2n) is 6.13. The molecule has 0 bridgehead atoms. The molecule has 0 heterocycles. The van der Waals surface area contributed by atoms with Crippen LogP contribution in [-0.2, 0) is 6.42 Å². The quantitative estimate of drug-likeness (QED) is 0.618. The molecular weight excluding hydrogens is 310 g/mol. The van der Waals surface area contributed by atoms with Crippen LogP contribution < -0.4 is 5.32 Å². The minimum absolute atomic E-state index is 0.00969. The molecule has 1 N–H and O–H groups in total. The zero-order valence-electron chi connectivity index (χ0n) is 13.7. The summed E-state index contributed by atoms with van der Waals surface area (Å²) in [7, 11) is 0. The van der Waals surface area contributed by atoms with E-state index in [0.717, 1.165) is 17.5 Å². The highest BCUT2D eigenvalue weighted by atomic mass is 16.1. The van der Waals surface area contributed by atoms with Crippen LogP contribution >= 0.6 is 0 Å². The van der Waals surface area contributed by atoms with E-state index in [1.165, 1.54) is 5.56 Å². The Morgan fingerprint density at radius 3 is 2.24 bits per heavy atom. The third-order valence-corrected chi connectivity index (χ3v) is 4.53. The average molecular weight is 327 g/mol. The molecule has 0 aliphatic heterocycles. The van der Waals surface area contributed by atoms with Gasteiger partial charge in [-0.25, -0.2) is 0 Å². The fraction of sp³-hybridized carbons (Fsp3) is 0.0909. The Kier molecular flexibility index (Phi) is 3.90. The number of carbonyl (C=O) groups is 2. The molecule has 3 nitrogen and oxygen atoms in total. The Balaban J connectivity index is 1.49. The van der Waals surface area contributed by atoms with Crippen molar-refractivity contribution in [3.05, 3.63) is 95.1 Å². The Morgan fingerprint density at radius 2 is 1.44 bits per heavy atom. The molecule has 0 saturated carbocycles. The monoisotopic (exact) mass is 327 g/mol. The fourth-order valence-corrected chi connectivity index (χ4v) is 3.24. The third-order valence-electron chi connectivity index (χ3n) is 4.53.